The number of nitrogens with two attached hydrogens (primary N) is 1. The van der Waals surface area contributed by atoms with E-state index in [1.807, 2.05) is 29.6 Å². The molecule has 0 radical (unpaired) electrons. The average Bonchev–Trinajstić information content (AvgIpc) is 3.08. The molecule has 1 fully saturated rings. The Labute approximate surface area is 128 Å². The lowest BCUT2D eigenvalue weighted by molar-refractivity contribution is 0.0746. The van der Waals surface area contributed by atoms with E-state index in [1.54, 1.807) is 0 Å². The van der Waals surface area contributed by atoms with Crippen molar-refractivity contribution in [1.29, 1.82) is 0 Å². The van der Waals surface area contributed by atoms with Gasteiger partial charge in [-0.2, -0.15) is 5.10 Å². The predicted octanol–water partition coefficient (Wildman–Crippen LogP) is 1.93. The van der Waals surface area contributed by atoms with Gasteiger partial charge >= 0.3 is 0 Å². The summed E-state index contributed by atoms with van der Waals surface area (Å²) in [6.07, 6.45) is 2.08. The third-order valence-electron chi connectivity index (χ3n) is 3.82. The number of hydrogen-bond donors (Lipinski definition) is 1. The van der Waals surface area contributed by atoms with E-state index in [4.69, 9.17) is 5.73 Å². The fraction of sp³-hybridized carbons (Fsp3) is 0.538. The molecule has 1 saturated heterocycles. The minimum atomic E-state index is 0. The Hall–Kier alpha value is -1.11. The Kier molecular flexibility index (Phi) is 4.36. The molecule has 3 rings (SSSR count). The Balaban J connectivity index is 0.00000147. The molecule has 3 heterocycles. The van der Waals surface area contributed by atoms with Gasteiger partial charge in [0, 0.05) is 31.6 Å². The molecule has 2 aromatic heterocycles. The maximum atomic E-state index is 12.6. The molecule has 110 valence electrons. The highest BCUT2D eigenvalue weighted by Gasteiger charge is 2.29. The Morgan fingerprint density at radius 3 is 3.00 bits per heavy atom. The number of fused-ring (bicyclic) bond motifs is 1. The lowest BCUT2D eigenvalue weighted by Crippen LogP contribution is -2.39. The number of thiophene rings is 1. The molecule has 0 aromatic carbocycles. The van der Waals surface area contributed by atoms with E-state index < -0.39 is 0 Å². The normalized spacial score (nSPS) is 18.6. The summed E-state index contributed by atoms with van der Waals surface area (Å²) in [6.45, 7) is 3.35. The highest BCUT2D eigenvalue weighted by Crippen LogP contribution is 2.30. The third kappa shape index (κ3) is 2.32. The van der Waals surface area contributed by atoms with E-state index in [2.05, 4.69) is 5.10 Å². The molecule has 1 aliphatic heterocycles. The van der Waals surface area contributed by atoms with Crippen molar-refractivity contribution in [3.05, 3.63) is 16.6 Å². The summed E-state index contributed by atoms with van der Waals surface area (Å²) in [5, 5.41) is 5.44. The zero-order chi connectivity index (χ0) is 13.6. The minimum absolute atomic E-state index is 0. The highest BCUT2D eigenvalue weighted by molar-refractivity contribution is 7.20. The molecule has 1 atom stereocenters. The number of hydrogen-bond acceptors (Lipinski definition) is 4. The van der Waals surface area contributed by atoms with Crippen LogP contribution in [-0.2, 0) is 7.05 Å². The van der Waals surface area contributed by atoms with E-state index in [0.717, 1.165) is 40.2 Å². The smallest absolute Gasteiger partial charge is 0.264 e. The van der Waals surface area contributed by atoms with Gasteiger partial charge in [-0.25, -0.2) is 0 Å². The number of nitrogens with zero attached hydrogens (tertiary/aromatic N) is 3. The maximum absolute atomic E-state index is 12.6. The molecule has 5 nitrogen and oxygen atoms in total. The van der Waals surface area contributed by atoms with Crippen LogP contribution in [0.5, 0.6) is 0 Å². The molecule has 0 aliphatic carbocycles. The molecular formula is C13H19ClN4OS. The van der Waals surface area contributed by atoms with Crippen molar-refractivity contribution in [2.24, 2.45) is 12.8 Å². The van der Waals surface area contributed by atoms with Crippen LogP contribution in [0.4, 0.5) is 0 Å². The van der Waals surface area contributed by atoms with Crippen LogP contribution < -0.4 is 5.73 Å². The first-order valence-corrected chi connectivity index (χ1v) is 7.37. The second kappa shape index (κ2) is 5.71. The van der Waals surface area contributed by atoms with Gasteiger partial charge in [-0.1, -0.05) is 0 Å². The lowest BCUT2D eigenvalue weighted by Gasteiger charge is -2.22. The molecule has 20 heavy (non-hydrogen) atoms. The number of likely N-dealkylation sites (tertiary alicyclic amines) is 1. The van der Waals surface area contributed by atoms with Crippen LogP contribution >= 0.6 is 23.7 Å². The monoisotopic (exact) mass is 314 g/mol. The van der Waals surface area contributed by atoms with Crippen molar-refractivity contribution in [3.8, 4) is 0 Å². The van der Waals surface area contributed by atoms with E-state index in [9.17, 15) is 4.79 Å². The largest absolute Gasteiger partial charge is 0.334 e. The van der Waals surface area contributed by atoms with Crippen LogP contribution in [0.25, 0.3) is 10.2 Å². The molecule has 0 spiro atoms. The van der Waals surface area contributed by atoms with Gasteiger partial charge in [-0.05, 0) is 25.8 Å². The zero-order valence-corrected chi connectivity index (χ0v) is 13.3. The van der Waals surface area contributed by atoms with E-state index in [-0.39, 0.29) is 24.4 Å². The Morgan fingerprint density at radius 2 is 2.35 bits per heavy atom. The predicted molar refractivity (Wildman–Crippen MR) is 83.7 cm³/mol. The summed E-state index contributed by atoms with van der Waals surface area (Å²) in [5.41, 5.74) is 6.72. The van der Waals surface area contributed by atoms with Crippen molar-refractivity contribution in [2.75, 3.05) is 13.1 Å². The first-order chi connectivity index (χ1) is 9.11. The minimum Gasteiger partial charge on any atom is -0.334 e. The molecule has 7 heteroatoms. The second-order valence-electron chi connectivity index (χ2n) is 5.07. The average molecular weight is 315 g/mol. The summed E-state index contributed by atoms with van der Waals surface area (Å²) in [5.74, 6) is 0.119. The van der Waals surface area contributed by atoms with Gasteiger partial charge in [-0.3, -0.25) is 9.48 Å². The van der Waals surface area contributed by atoms with Crippen LogP contribution in [0.3, 0.4) is 0 Å². The highest BCUT2D eigenvalue weighted by atomic mass is 35.5. The van der Waals surface area contributed by atoms with Gasteiger partial charge < -0.3 is 10.6 Å². The molecular weight excluding hydrogens is 296 g/mol. The van der Waals surface area contributed by atoms with E-state index >= 15 is 0 Å². The summed E-state index contributed by atoms with van der Waals surface area (Å²) in [7, 11) is 1.92. The first-order valence-electron chi connectivity index (χ1n) is 6.56. The number of aromatic nitrogens is 2. The summed E-state index contributed by atoms with van der Waals surface area (Å²) in [6, 6.07) is 2.17. The van der Waals surface area contributed by atoms with Gasteiger partial charge in [0.15, 0.2) is 0 Å². The van der Waals surface area contributed by atoms with Crippen LogP contribution in [0.1, 0.15) is 28.2 Å². The Morgan fingerprint density at radius 1 is 1.60 bits per heavy atom. The molecule has 0 bridgehead atoms. The van der Waals surface area contributed by atoms with Gasteiger partial charge in [0.25, 0.3) is 5.91 Å². The van der Waals surface area contributed by atoms with Gasteiger partial charge in [0.05, 0.1) is 10.6 Å². The van der Waals surface area contributed by atoms with Crippen molar-refractivity contribution >= 4 is 39.9 Å². The molecule has 2 aromatic rings. The van der Waals surface area contributed by atoms with Gasteiger partial charge in [-0.15, -0.1) is 23.7 Å². The van der Waals surface area contributed by atoms with Crippen LogP contribution in [0.2, 0.25) is 0 Å². The number of amides is 1. The second-order valence-corrected chi connectivity index (χ2v) is 6.10. The number of aryl methyl sites for hydroxylation is 2. The van der Waals surface area contributed by atoms with Gasteiger partial charge in [0.1, 0.15) is 4.83 Å². The quantitative estimate of drug-likeness (QED) is 0.921. The van der Waals surface area contributed by atoms with Crippen molar-refractivity contribution < 1.29 is 4.79 Å². The molecule has 1 unspecified atom stereocenters. The lowest BCUT2D eigenvalue weighted by atomic mass is 10.2. The van der Waals surface area contributed by atoms with E-state index in [0.29, 0.717) is 6.54 Å². The zero-order valence-electron chi connectivity index (χ0n) is 11.6. The number of rotatable bonds is 2. The van der Waals surface area contributed by atoms with Crippen LogP contribution in [0, 0.1) is 6.92 Å². The van der Waals surface area contributed by atoms with Crippen LogP contribution in [-0.4, -0.2) is 39.7 Å². The van der Waals surface area contributed by atoms with Crippen LogP contribution in [0.15, 0.2) is 6.07 Å². The number of halogens is 1. The standard InChI is InChI=1S/C13H18N4OS.ClH/c1-8-10-6-11(19-13(10)16(2)15-8)12(18)17-5-3-4-9(17)7-14;/h6,9H,3-5,7,14H2,1-2H3;1H. The fourth-order valence-electron chi connectivity index (χ4n) is 2.80. The Bertz CT molecular complexity index is 601. The van der Waals surface area contributed by atoms with Crippen molar-refractivity contribution in [3.63, 3.8) is 0 Å². The summed E-state index contributed by atoms with van der Waals surface area (Å²) in [4.78, 5) is 16.3. The molecule has 1 aliphatic rings. The van der Waals surface area contributed by atoms with Gasteiger partial charge in [0.2, 0.25) is 0 Å². The number of carbonyl (C=O) groups is 1. The summed E-state index contributed by atoms with van der Waals surface area (Å²) >= 11 is 1.52. The number of carbonyl (C=O) groups excluding carboxylic acids is 1. The summed E-state index contributed by atoms with van der Waals surface area (Å²) < 4.78 is 1.84. The maximum Gasteiger partial charge on any atom is 0.264 e. The van der Waals surface area contributed by atoms with Crippen molar-refractivity contribution in [1.82, 2.24) is 14.7 Å². The molecule has 2 N–H and O–H groups in total. The molecule has 1 amide bonds. The SMILES string of the molecule is Cc1nn(C)c2sc(C(=O)N3CCCC3CN)cc12.Cl. The molecule has 0 saturated carbocycles. The fourth-order valence-corrected chi connectivity index (χ4v) is 3.88. The first kappa shape index (κ1) is 15.3. The van der Waals surface area contributed by atoms with Crippen molar-refractivity contribution in [2.45, 2.75) is 25.8 Å². The van der Waals surface area contributed by atoms with E-state index in [1.165, 1.54) is 11.3 Å². The third-order valence-corrected chi connectivity index (χ3v) is 5.01. The topological polar surface area (TPSA) is 64.2 Å².